The van der Waals surface area contributed by atoms with Crippen molar-refractivity contribution in [2.24, 2.45) is 5.73 Å². The van der Waals surface area contributed by atoms with Crippen LogP contribution in [0.3, 0.4) is 0 Å². The maximum Gasteiger partial charge on any atom is 0.264 e. The summed E-state index contributed by atoms with van der Waals surface area (Å²) >= 11 is 5.59. The number of hydrogen-bond acceptors (Lipinski definition) is 3. The van der Waals surface area contributed by atoms with Crippen LogP contribution in [0.25, 0.3) is 0 Å². The molecule has 8 heteroatoms. The summed E-state index contributed by atoms with van der Waals surface area (Å²) in [6.45, 7) is 0. The second-order valence-electron chi connectivity index (χ2n) is 4.52. The molecule has 0 unspecified atom stereocenters. The van der Waals surface area contributed by atoms with E-state index < -0.39 is 26.6 Å². The molecule has 0 radical (unpaired) electrons. The lowest BCUT2D eigenvalue weighted by Gasteiger charge is -2.09. The Hall–Kier alpha value is -2.12. The van der Waals surface area contributed by atoms with Gasteiger partial charge in [0.1, 0.15) is 10.7 Å². The third-order valence-corrected chi connectivity index (χ3v) is 4.42. The van der Waals surface area contributed by atoms with Gasteiger partial charge in [0.2, 0.25) is 5.91 Å². The van der Waals surface area contributed by atoms with Gasteiger partial charge >= 0.3 is 0 Å². The summed E-state index contributed by atoms with van der Waals surface area (Å²) in [5, 5.41) is 0.104. The van der Waals surface area contributed by atoms with Gasteiger partial charge in [-0.05, 0) is 35.9 Å². The number of benzene rings is 2. The minimum atomic E-state index is -4.07. The van der Waals surface area contributed by atoms with Crippen LogP contribution in [-0.2, 0) is 21.2 Å². The van der Waals surface area contributed by atoms with Crippen LogP contribution < -0.4 is 10.5 Å². The highest BCUT2D eigenvalue weighted by Gasteiger charge is 2.19. The number of nitrogens with one attached hydrogen (secondary N) is 1. The van der Waals surface area contributed by atoms with Crippen molar-refractivity contribution < 1.29 is 17.6 Å². The van der Waals surface area contributed by atoms with E-state index in [0.29, 0.717) is 5.56 Å². The molecule has 0 heterocycles. The standard InChI is InChI=1S/C14H12ClFN2O3S/c15-10-3-6-13(12(16)8-10)22(20,21)18-11-4-1-9(2-5-11)7-14(17)19/h1-6,8,18H,7H2,(H2,17,19). The van der Waals surface area contributed by atoms with Gasteiger partial charge in [0, 0.05) is 10.7 Å². The third kappa shape index (κ3) is 3.96. The van der Waals surface area contributed by atoms with E-state index in [9.17, 15) is 17.6 Å². The zero-order valence-corrected chi connectivity index (χ0v) is 12.8. The Balaban J connectivity index is 2.23. The van der Waals surface area contributed by atoms with Crippen molar-refractivity contribution in [2.75, 3.05) is 4.72 Å². The minimum Gasteiger partial charge on any atom is -0.369 e. The normalized spacial score (nSPS) is 11.2. The molecular formula is C14H12ClFN2O3S. The van der Waals surface area contributed by atoms with Gasteiger partial charge in [-0.2, -0.15) is 0 Å². The highest BCUT2D eigenvalue weighted by molar-refractivity contribution is 7.92. The summed E-state index contributed by atoms with van der Waals surface area (Å²) in [5.41, 5.74) is 5.95. The molecule has 0 aromatic heterocycles. The van der Waals surface area contributed by atoms with Crippen LogP contribution >= 0.6 is 11.6 Å². The zero-order chi connectivity index (χ0) is 16.3. The van der Waals surface area contributed by atoms with E-state index in [1.807, 2.05) is 0 Å². The molecule has 0 aliphatic heterocycles. The molecule has 1 amide bonds. The van der Waals surface area contributed by atoms with Crippen molar-refractivity contribution in [1.29, 1.82) is 0 Å². The summed E-state index contributed by atoms with van der Waals surface area (Å²) in [7, 11) is -4.07. The highest BCUT2D eigenvalue weighted by Crippen LogP contribution is 2.22. The topological polar surface area (TPSA) is 89.3 Å². The second-order valence-corrected chi connectivity index (χ2v) is 6.61. The molecule has 3 N–H and O–H groups in total. The maximum atomic E-state index is 13.7. The molecule has 5 nitrogen and oxygen atoms in total. The zero-order valence-electron chi connectivity index (χ0n) is 11.2. The Morgan fingerprint density at radius 3 is 2.36 bits per heavy atom. The Bertz CT molecular complexity index is 807. The summed E-state index contributed by atoms with van der Waals surface area (Å²) in [6.07, 6.45) is 0.0544. The van der Waals surface area contributed by atoms with Crippen molar-refractivity contribution in [3.05, 3.63) is 58.9 Å². The highest BCUT2D eigenvalue weighted by atomic mass is 35.5. The molecule has 2 aromatic carbocycles. The predicted molar refractivity (Wildman–Crippen MR) is 81.6 cm³/mol. The fourth-order valence-electron chi connectivity index (χ4n) is 1.80. The minimum absolute atomic E-state index is 0.0544. The number of carbonyl (C=O) groups is 1. The number of primary amides is 1. The number of amides is 1. The fourth-order valence-corrected chi connectivity index (χ4v) is 3.07. The summed E-state index contributed by atoms with van der Waals surface area (Å²) in [5.74, 6) is -1.43. The molecule has 0 fully saturated rings. The third-order valence-electron chi connectivity index (χ3n) is 2.77. The molecule has 2 aromatic rings. The number of carbonyl (C=O) groups excluding carboxylic acids is 1. The smallest absolute Gasteiger partial charge is 0.264 e. The number of anilines is 1. The summed E-state index contributed by atoms with van der Waals surface area (Å²) in [6, 6.07) is 9.33. The Kier molecular flexibility index (Phi) is 4.68. The molecule has 0 spiro atoms. The number of nitrogens with two attached hydrogens (primary N) is 1. The van der Waals surface area contributed by atoms with E-state index in [0.717, 1.165) is 12.1 Å². The van der Waals surface area contributed by atoms with Crippen LogP contribution in [-0.4, -0.2) is 14.3 Å². The first-order valence-electron chi connectivity index (χ1n) is 6.13. The number of halogens is 2. The number of rotatable bonds is 5. The van der Waals surface area contributed by atoms with Crippen LogP contribution in [0.4, 0.5) is 10.1 Å². The predicted octanol–water partition coefficient (Wildman–Crippen LogP) is 2.31. The first-order chi connectivity index (χ1) is 10.3. The quantitative estimate of drug-likeness (QED) is 0.873. The largest absolute Gasteiger partial charge is 0.369 e. The molecule has 0 bridgehead atoms. The van der Waals surface area contributed by atoms with Crippen LogP contribution in [0.5, 0.6) is 0 Å². The number of hydrogen-bond donors (Lipinski definition) is 2. The van der Waals surface area contributed by atoms with Gasteiger partial charge in [-0.15, -0.1) is 0 Å². The van der Waals surface area contributed by atoms with Gasteiger partial charge in [-0.1, -0.05) is 23.7 Å². The van der Waals surface area contributed by atoms with Crippen molar-refractivity contribution in [3.63, 3.8) is 0 Å². The van der Waals surface area contributed by atoms with Crippen LogP contribution in [0, 0.1) is 5.82 Å². The van der Waals surface area contributed by atoms with Gasteiger partial charge in [0.25, 0.3) is 10.0 Å². The van der Waals surface area contributed by atoms with Gasteiger partial charge in [-0.25, -0.2) is 12.8 Å². The van der Waals surface area contributed by atoms with Crippen LogP contribution in [0.2, 0.25) is 5.02 Å². The van der Waals surface area contributed by atoms with E-state index in [1.54, 1.807) is 12.1 Å². The van der Waals surface area contributed by atoms with Crippen molar-refractivity contribution >= 4 is 33.2 Å². The van der Waals surface area contributed by atoms with Gasteiger partial charge in [0.05, 0.1) is 6.42 Å². The molecule has 2 rings (SSSR count). The number of sulfonamides is 1. The van der Waals surface area contributed by atoms with E-state index >= 15 is 0 Å². The lowest BCUT2D eigenvalue weighted by atomic mass is 10.1. The molecule has 0 atom stereocenters. The molecule has 0 saturated carbocycles. The second kappa shape index (κ2) is 6.33. The first-order valence-corrected chi connectivity index (χ1v) is 7.99. The van der Waals surface area contributed by atoms with E-state index in [2.05, 4.69) is 4.72 Å². The van der Waals surface area contributed by atoms with Gasteiger partial charge in [-0.3, -0.25) is 9.52 Å². The molecule has 0 saturated heterocycles. The van der Waals surface area contributed by atoms with Crippen molar-refractivity contribution in [2.45, 2.75) is 11.3 Å². The molecular weight excluding hydrogens is 331 g/mol. The lowest BCUT2D eigenvalue weighted by molar-refractivity contribution is -0.117. The van der Waals surface area contributed by atoms with Crippen LogP contribution in [0.15, 0.2) is 47.4 Å². The Morgan fingerprint density at radius 1 is 1.18 bits per heavy atom. The Labute approximate surface area is 131 Å². The molecule has 0 aliphatic rings. The SMILES string of the molecule is NC(=O)Cc1ccc(NS(=O)(=O)c2ccc(Cl)cc2F)cc1. The summed E-state index contributed by atoms with van der Waals surface area (Å²) < 4.78 is 40.2. The van der Waals surface area contributed by atoms with E-state index in [1.165, 1.54) is 18.2 Å². The fraction of sp³-hybridized carbons (Fsp3) is 0.0714. The molecule has 22 heavy (non-hydrogen) atoms. The average molecular weight is 343 g/mol. The molecule has 0 aliphatic carbocycles. The summed E-state index contributed by atoms with van der Waals surface area (Å²) in [4.78, 5) is 10.3. The van der Waals surface area contributed by atoms with E-state index in [4.69, 9.17) is 17.3 Å². The first kappa shape index (κ1) is 16.3. The van der Waals surface area contributed by atoms with Gasteiger partial charge < -0.3 is 5.73 Å². The van der Waals surface area contributed by atoms with E-state index in [-0.39, 0.29) is 17.1 Å². The lowest BCUT2D eigenvalue weighted by Crippen LogP contribution is -2.15. The average Bonchev–Trinajstić information content (AvgIpc) is 2.39. The van der Waals surface area contributed by atoms with Gasteiger partial charge in [0.15, 0.2) is 0 Å². The molecule has 116 valence electrons. The van der Waals surface area contributed by atoms with Crippen LogP contribution in [0.1, 0.15) is 5.56 Å². The van der Waals surface area contributed by atoms with Crippen molar-refractivity contribution in [1.82, 2.24) is 0 Å². The monoisotopic (exact) mass is 342 g/mol. The maximum absolute atomic E-state index is 13.7. The Morgan fingerprint density at radius 2 is 1.82 bits per heavy atom. The van der Waals surface area contributed by atoms with Crippen molar-refractivity contribution in [3.8, 4) is 0 Å².